The van der Waals surface area contributed by atoms with Crippen molar-refractivity contribution in [1.82, 2.24) is 15.1 Å². The van der Waals surface area contributed by atoms with Gasteiger partial charge in [-0.2, -0.15) is 5.10 Å². The molecule has 1 amide bonds. The fourth-order valence-electron chi connectivity index (χ4n) is 2.31. The molecule has 8 nitrogen and oxygen atoms in total. The van der Waals surface area contributed by atoms with Gasteiger partial charge in [-0.05, 0) is 11.6 Å². The molecule has 26 heavy (non-hydrogen) atoms. The van der Waals surface area contributed by atoms with Crippen LogP contribution in [0.25, 0.3) is 0 Å². The van der Waals surface area contributed by atoms with E-state index in [2.05, 4.69) is 26.3 Å². The molecule has 9 heteroatoms. The maximum atomic E-state index is 12.7. The number of amides is 1. The molecule has 3 N–H and O–H groups in total. The minimum atomic E-state index is -1.26. The van der Waals surface area contributed by atoms with Crippen LogP contribution >= 0.6 is 15.9 Å². The van der Waals surface area contributed by atoms with Crippen molar-refractivity contribution < 1.29 is 19.8 Å². The van der Waals surface area contributed by atoms with Crippen molar-refractivity contribution >= 4 is 27.8 Å². The van der Waals surface area contributed by atoms with E-state index in [1.165, 1.54) is 0 Å². The van der Waals surface area contributed by atoms with Gasteiger partial charge in [-0.1, -0.05) is 48.0 Å². The van der Waals surface area contributed by atoms with Gasteiger partial charge in [0.15, 0.2) is 5.75 Å². The number of carboxylic acid groups (broad SMARTS) is 1. The lowest BCUT2D eigenvalue weighted by atomic mass is 10.1. The molecule has 138 valence electrons. The number of carbonyl (C=O) groups excluding carboxylic acids is 1. The third kappa shape index (κ3) is 4.29. The second-order valence-corrected chi connectivity index (χ2v) is 6.75. The Morgan fingerprint density at radius 3 is 2.54 bits per heavy atom. The summed E-state index contributed by atoms with van der Waals surface area (Å²) in [5, 5.41) is 25.3. The smallest absolute Gasteiger partial charge is 0.322 e. The largest absolute Gasteiger partial charge is 0.505 e. The zero-order valence-electron chi connectivity index (χ0n) is 14.2. The number of rotatable bonds is 6. The van der Waals surface area contributed by atoms with Crippen LogP contribution in [0.3, 0.4) is 0 Å². The molecule has 0 aliphatic rings. The van der Waals surface area contributed by atoms with E-state index in [1.807, 2.05) is 12.1 Å². The predicted molar refractivity (Wildman–Crippen MR) is 97.5 cm³/mol. The van der Waals surface area contributed by atoms with Crippen LogP contribution in [0.1, 0.15) is 41.4 Å². The molecule has 0 bridgehead atoms. The van der Waals surface area contributed by atoms with Crippen LogP contribution in [0.15, 0.2) is 33.5 Å². The highest BCUT2D eigenvalue weighted by atomic mass is 79.9. The first-order valence-electron chi connectivity index (χ1n) is 7.79. The number of carbonyl (C=O) groups is 2. The maximum Gasteiger partial charge on any atom is 0.322 e. The van der Waals surface area contributed by atoms with E-state index >= 15 is 0 Å². The molecule has 0 aliphatic carbocycles. The Morgan fingerprint density at radius 2 is 1.96 bits per heavy atom. The van der Waals surface area contributed by atoms with Crippen molar-refractivity contribution in [3.05, 3.63) is 55.9 Å². The van der Waals surface area contributed by atoms with Gasteiger partial charge < -0.3 is 15.5 Å². The van der Waals surface area contributed by atoms with Gasteiger partial charge in [-0.25, -0.2) is 4.68 Å². The van der Waals surface area contributed by atoms with Crippen LogP contribution in [-0.4, -0.2) is 38.4 Å². The van der Waals surface area contributed by atoms with Gasteiger partial charge in [-0.15, -0.1) is 0 Å². The Morgan fingerprint density at radius 1 is 1.31 bits per heavy atom. The number of nitrogens with zero attached hydrogens (tertiary/aromatic N) is 2. The highest BCUT2D eigenvalue weighted by molar-refractivity contribution is 9.10. The van der Waals surface area contributed by atoms with Gasteiger partial charge in [-0.3, -0.25) is 14.4 Å². The number of carboxylic acids is 1. The lowest BCUT2D eigenvalue weighted by Gasteiger charge is -2.15. The van der Waals surface area contributed by atoms with Crippen LogP contribution in [0.4, 0.5) is 0 Å². The summed E-state index contributed by atoms with van der Waals surface area (Å²) in [6.07, 6.45) is 0. The number of aromatic hydroxyl groups is 1. The van der Waals surface area contributed by atoms with E-state index in [-0.39, 0.29) is 18.2 Å². The second kappa shape index (κ2) is 8.13. The van der Waals surface area contributed by atoms with Crippen molar-refractivity contribution in [1.29, 1.82) is 0 Å². The first-order valence-corrected chi connectivity index (χ1v) is 8.59. The quantitative estimate of drug-likeness (QED) is 0.649. The van der Waals surface area contributed by atoms with Crippen LogP contribution < -0.4 is 10.9 Å². The first-order chi connectivity index (χ1) is 12.2. The molecule has 0 aliphatic heterocycles. The molecule has 0 radical (unpaired) electrons. The van der Waals surface area contributed by atoms with Crippen molar-refractivity contribution in [3.63, 3.8) is 0 Å². The standard InChI is InChI=1S/C17H18BrN3O5/c1-9(2)14-15(24)13(16(25)19-7-12(22)23)17(26)21(20-14)8-10-5-3-4-6-11(10)18/h3-6,9,24H,7-8H2,1-2H3,(H,19,25)(H,22,23). The summed E-state index contributed by atoms with van der Waals surface area (Å²) in [5.74, 6) is -3.01. The summed E-state index contributed by atoms with van der Waals surface area (Å²) >= 11 is 3.39. The SMILES string of the molecule is CC(C)c1nn(Cc2ccccc2Br)c(=O)c(C(=O)NCC(=O)O)c1O. The van der Waals surface area contributed by atoms with E-state index in [0.717, 1.165) is 14.7 Å². The molecule has 2 aromatic rings. The van der Waals surface area contributed by atoms with Crippen molar-refractivity contribution in [3.8, 4) is 5.75 Å². The van der Waals surface area contributed by atoms with E-state index in [1.54, 1.807) is 26.0 Å². The third-order valence-corrected chi connectivity index (χ3v) is 4.38. The van der Waals surface area contributed by atoms with Gasteiger partial charge in [0.25, 0.3) is 11.5 Å². The van der Waals surface area contributed by atoms with Crippen LogP contribution in [0.5, 0.6) is 5.75 Å². The highest BCUT2D eigenvalue weighted by Crippen LogP contribution is 2.25. The molecule has 0 unspecified atom stereocenters. The maximum absolute atomic E-state index is 12.7. The summed E-state index contributed by atoms with van der Waals surface area (Å²) in [6, 6.07) is 7.23. The molecule has 0 saturated heterocycles. The zero-order valence-corrected chi connectivity index (χ0v) is 15.8. The Kier molecular flexibility index (Phi) is 6.14. The topological polar surface area (TPSA) is 122 Å². The summed E-state index contributed by atoms with van der Waals surface area (Å²) in [5.41, 5.74) is -0.376. The molecular weight excluding hydrogens is 406 g/mol. The molecule has 2 rings (SSSR count). The minimum absolute atomic E-state index is 0.0828. The Hall–Kier alpha value is -2.68. The van der Waals surface area contributed by atoms with Gasteiger partial charge in [0, 0.05) is 10.4 Å². The average molecular weight is 424 g/mol. The zero-order chi connectivity index (χ0) is 19.4. The summed E-state index contributed by atoms with van der Waals surface area (Å²) < 4.78 is 1.86. The molecule has 0 saturated carbocycles. The molecule has 0 atom stereocenters. The molecule has 1 heterocycles. The molecule has 1 aromatic carbocycles. The van der Waals surface area contributed by atoms with Gasteiger partial charge >= 0.3 is 5.97 Å². The lowest BCUT2D eigenvalue weighted by Crippen LogP contribution is -2.37. The number of hydrogen-bond acceptors (Lipinski definition) is 5. The Bertz CT molecular complexity index is 908. The van der Waals surface area contributed by atoms with E-state index in [0.29, 0.717) is 0 Å². The van der Waals surface area contributed by atoms with Crippen molar-refractivity contribution in [2.45, 2.75) is 26.3 Å². The van der Waals surface area contributed by atoms with Crippen molar-refractivity contribution in [2.75, 3.05) is 6.54 Å². The number of nitrogens with one attached hydrogen (secondary N) is 1. The fraction of sp³-hybridized carbons (Fsp3) is 0.294. The van der Waals surface area contributed by atoms with E-state index in [9.17, 15) is 19.5 Å². The van der Waals surface area contributed by atoms with Crippen LogP contribution in [0.2, 0.25) is 0 Å². The Balaban J connectivity index is 2.55. The van der Waals surface area contributed by atoms with E-state index < -0.39 is 35.3 Å². The second-order valence-electron chi connectivity index (χ2n) is 5.89. The predicted octanol–water partition coefficient (Wildman–Crippen LogP) is 1.70. The van der Waals surface area contributed by atoms with Gasteiger partial charge in [0.1, 0.15) is 17.8 Å². The summed E-state index contributed by atoms with van der Waals surface area (Å²) in [7, 11) is 0. The first kappa shape index (κ1) is 19.6. The molecule has 0 spiro atoms. The van der Waals surface area contributed by atoms with E-state index in [4.69, 9.17) is 5.11 Å². The third-order valence-electron chi connectivity index (χ3n) is 3.61. The summed E-state index contributed by atoms with van der Waals surface area (Å²) in [6.45, 7) is 2.93. The lowest BCUT2D eigenvalue weighted by molar-refractivity contribution is -0.135. The fourth-order valence-corrected chi connectivity index (χ4v) is 2.72. The highest BCUT2D eigenvalue weighted by Gasteiger charge is 2.24. The number of benzene rings is 1. The number of halogens is 1. The Labute approximate surface area is 157 Å². The monoisotopic (exact) mass is 423 g/mol. The summed E-state index contributed by atoms with van der Waals surface area (Å²) in [4.78, 5) is 35.6. The average Bonchev–Trinajstić information content (AvgIpc) is 2.57. The normalized spacial score (nSPS) is 10.8. The molecular formula is C17H18BrN3O5. The van der Waals surface area contributed by atoms with Crippen molar-refractivity contribution in [2.24, 2.45) is 0 Å². The van der Waals surface area contributed by atoms with Crippen LogP contribution in [0, 0.1) is 0 Å². The minimum Gasteiger partial charge on any atom is -0.505 e. The molecule has 0 fully saturated rings. The van der Waals surface area contributed by atoms with Gasteiger partial charge in [0.05, 0.1) is 6.54 Å². The molecule has 1 aromatic heterocycles. The number of hydrogen-bond donors (Lipinski definition) is 3. The number of aromatic nitrogens is 2. The van der Waals surface area contributed by atoms with Gasteiger partial charge in [0.2, 0.25) is 0 Å². The number of aliphatic carboxylic acids is 1. The van der Waals surface area contributed by atoms with Crippen LogP contribution in [-0.2, 0) is 11.3 Å².